The number of halogens is 2. The molecule has 0 radical (unpaired) electrons. The number of rotatable bonds is 2. The molecule has 3 rings (SSSR count). The third kappa shape index (κ3) is 2.54. The molecular formula is C15H10BrClN2O2. The number of hydrogen-bond acceptors (Lipinski definition) is 3. The Kier molecular flexibility index (Phi) is 3.69. The first-order valence-electron chi connectivity index (χ1n) is 6.13. The molecule has 0 saturated carbocycles. The summed E-state index contributed by atoms with van der Waals surface area (Å²) in [6.07, 6.45) is 0. The van der Waals surface area contributed by atoms with Crippen molar-refractivity contribution in [1.82, 2.24) is 9.71 Å². The molecule has 3 aromatic rings. The predicted octanol–water partition coefficient (Wildman–Crippen LogP) is 3.54. The summed E-state index contributed by atoms with van der Waals surface area (Å²) < 4.78 is 1.99. The van der Waals surface area contributed by atoms with Crippen LogP contribution in [0.2, 0.25) is 5.02 Å². The van der Waals surface area contributed by atoms with E-state index in [4.69, 9.17) is 16.4 Å². The normalized spacial score (nSPS) is 10.8. The van der Waals surface area contributed by atoms with Gasteiger partial charge in [-0.15, -0.1) is 4.73 Å². The maximum absolute atomic E-state index is 12.5. The Morgan fingerprint density at radius 3 is 2.57 bits per heavy atom. The highest BCUT2D eigenvalue weighted by Crippen LogP contribution is 2.22. The van der Waals surface area contributed by atoms with E-state index >= 15 is 0 Å². The minimum atomic E-state index is -0.256. The van der Waals surface area contributed by atoms with Crippen molar-refractivity contribution < 1.29 is 4.84 Å². The Balaban J connectivity index is 2.34. The van der Waals surface area contributed by atoms with Gasteiger partial charge < -0.3 is 4.84 Å². The second-order valence-electron chi connectivity index (χ2n) is 4.39. The van der Waals surface area contributed by atoms with E-state index in [9.17, 15) is 4.79 Å². The van der Waals surface area contributed by atoms with Crippen LogP contribution >= 0.6 is 27.5 Å². The van der Waals surface area contributed by atoms with Crippen molar-refractivity contribution in [2.75, 3.05) is 7.11 Å². The van der Waals surface area contributed by atoms with Crippen LogP contribution in [0.4, 0.5) is 0 Å². The zero-order valence-corrected chi connectivity index (χ0v) is 13.4. The number of nitrogens with zero attached hydrogens (tertiary/aromatic N) is 2. The van der Waals surface area contributed by atoms with Gasteiger partial charge in [-0.2, -0.15) is 0 Å². The minimum Gasteiger partial charge on any atom is -0.412 e. The Hall–Kier alpha value is -1.85. The van der Waals surface area contributed by atoms with Gasteiger partial charge in [0.1, 0.15) is 7.11 Å². The van der Waals surface area contributed by atoms with Crippen molar-refractivity contribution in [3.8, 4) is 11.4 Å². The first kappa shape index (κ1) is 14.1. The second-order valence-corrected chi connectivity index (χ2v) is 5.74. The molecule has 1 heterocycles. The maximum Gasteiger partial charge on any atom is 0.294 e. The molecule has 0 amide bonds. The molecule has 0 spiro atoms. The first-order valence-corrected chi connectivity index (χ1v) is 7.30. The highest BCUT2D eigenvalue weighted by Gasteiger charge is 2.13. The molecule has 0 aliphatic heterocycles. The number of hydrogen-bond donors (Lipinski definition) is 0. The van der Waals surface area contributed by atoms with Gasteiger partial charge in [0, 0.05) is 15.1 Å². The molecule has 0 bridgehead atoms. The van der Waals surface area contributed by atoms with E-state index < -0.39 is 0 Å². The molecule has 0 atom stereocenters. The van der Waals surface area contributed by atoms with Gasteiger partial charge in [-0.1, -0.05) is 27.5 Å². The van der Waals surface area contributed by atoms with Gasteiger partial charge in [-0.3, -0.25) is 4.79 Å². The lowest BCUT2D eigenvalue weighted by molar-refractivity contribution is 0.160. The molecule has 0 aliphatic carbocycles. The molecule has 0 saturated heterocycles. The average molecular weight is 366 g/mol. The Morgan fingerprint density at radius 2 is 1.90 bits per heavy atom. The molecule has 21 heavy (non-hydrogen) atoms. The molecule has 0 unspecified atom stereocenters. The molecule has 4 nitrogen and oxygen atoms in total. The molecule has 0 aliphatic rings. The van der Waals surface area contributed by atoms with Gasteiger partial charge in [-0.05, 0) is 42.5 Å². The van der Waals surface area contributed by atoms with Crippen LogP contribution in [0.25, 0.3) is 22.3 Å². The Morgan fingerprint density at radius 1 is 1.19 bits per heavy atom. The Labute approximate surface area is 134 Å². The quantitative estimate of drug-likeness (QED) is 0.698. The second kappa shape index (κ2) is 5.50. The summed E-state index contributed by atoms with van der Waals surface area (Å²) in [5, 5.41) is 1.11. The van der Waals surface area contributed by atoms with E-state index in [0.29, 0.717) is 21.7 Å². The highest BCUT2D eigenvalue weighted by molar-refractivity contribution is 9.10. The van der Waals surface area contributed by atoms with Gasteiger partial charge in [0.25, 0.3) is 5.56 Å². The largest absolute Gasteiger partial charge is 0.412 e. The summed E-state index contributed by atoms with van der Waals surface area (Å²) in [6, 6.07) is 12.4. The van der Waals surface area contributed by atoms with E-state index in [1.165, 1.54) is 11.8 Å². The van der Waals surface area contributed by atoms with Gasteiger partial charge in [0.15, 0.2) is 5.82 Å². The zero-order chi connectivity index (χ0) is 15.0. The number of fused-ring (bicyclic) bond motifs is 1. The summed E-state index contributed by atoms with van der Waals surface area (Å²) in [6.45, 7) is 0. The van der Waals surface area contributed by atoms with E-state index in [-0.39, 0.29) is 5.56 Å². The van der Waals surface area contributed by atoms with Gasteiger partial charge in [-0.25, -0.2) is 4.98 Å². The van der Waals surface area contributed by atoms with Crippen molar-refractivity contribution >= 4 is 38.4 Å². The zero-order valence-electron chi connectivity index (χ0n) is 11.0. The summed E-state index contributed by atoms with van der Waals surface area (Å²) >= 11 is 9.24. The van der Waals surface area contributed by atoms with Crippen molar-refractivity contribution in [1.29, 1.82) is 0 Å². The van der Waals surface area contributed by atoms with Crippen LogP contribution in [0.3, 0.4) is 0 Å². The monoisotopic (exact) mass is 364 g/mol. The molecule has 1 aromatic heterocycles. The smallest absolute Gasteiger partial charge is 0.294 e. The van der Waals surface area contributed by atoms with E-state index in [2.05, 4.69) is 20.9 Å². The van der Waals surface area contributed by atoms with E-state index in [1.807, 2.05) is 6.07 Å². The van der Waals surface area contributed by atoms with Crippen LogP contribution in [-0.2, 0) is 0 Å². The topological polar surface area (TPSA) is 44.1 Å². The Bertz CT molecular complexity index is 875. The fraction of sp³-hybridized carbons (Fsp3) is 0.0667. The van der Waals surface area contributed by atoms with Crippen LogP contribution in [0.1, 0.15) is 0 Å². The first-order chi connectivity index (χ1) is 10.1. The fourth-order valence-corrected chi connectivity index (χ4v) is 2.58. The maximum atomic E-state index is 12.5. The van der Waals surface area contributed by atoms with Crippen LogP contribution in [0.15, 0.2) is 51.7 Å². The summed E-state index contributed by atoms with van der Waals surface area (Å²) in [5.74, 6) is 0.439. The van der Waals surface area contributed by atoms with Crippen LogP contribution < -0.4 is 10.4 Å². The highest BCUT2D eigenvalue weighted by atomic mass is 79.9. The molecule has 0 N–H and O–H groups in total. The van der Waals surface area contributed by atoms with Crippen LogP contribution in [-0.4, -0.2) is 16.8 Å². The molecular weight excluding hydrogens is 356 g/mol. The van der Waals surface area contributed by atoms with Crippen molar-refractivity contribution in [3.05, 3.63) is 62.3 Å². The van der Waals surface area contributed by atoms with Gasteiger partial charge >= 0.3 is 0 Å². The van der Waals surface area contributed by atoms with Crippen molar-refractivity contribution in [2.24, 2.45) is 0 Å². The van der Waals surface area contributed by atoms with Crippen LogP contribution in [0, 0.1) is 0 Å². The standard InChI is InChI=1S/C15H10BrClN2O2/c1-21-19-14(9-2-5-11(17)6-3-9)18-13-7-4-10(16)8-12(13)15(19)20/h2-8H,1H3. The summed E-state index contributed by atoms with van der Waals surface area (Å²) in [7, 11) is 1.44. The van der Waals surface area contributed by atoms with Crippen molar-refractivity contribution in [2.45, 2.75) is 0 Å². The van der Waals surface area contributed by atoms with E-state index in [1.54, 1.807) is 36.4 Å². The molecule has 2 aromatic carbocycles. The lowest BCUT2D eigenvalue weighted by atomic mass is 10.2. The number of aromatic nitrogens is 2. The molecule has 0 fully saturated rings. The van der Waals surface area contributed by atoms with Gasteiger partial charge in [0.2, 0.25) is 0 Å². The summed E-state index contributed by atoms with van der Waals surface area (Å²) in [5.41, 5.74) is 1.11. The van der Waals surface area contributed by atoms with Crippen molar-refractivity contribution in [3.63, 3.8) is 0 Å². The molecule has 106 valence electrons. The third-order valence-electron chi connectivity index (χ3n) is 3.08. The SMILES string of the molecule is COn1c(-c2ccc(Cl)cc2)nc2ccc(Br)cc2c1=O. The number of benzene rings is 2. The molecule has 6 heteroatoms. The van der Waals surface area contributed by atoms with Gasteiger partial charge in [0.05, 0.1) is 10.9 Å². The predicted molar refractivity (Wildman–Crippen MR) is 86.7 cm³/mol. The van der Waals surface area contributed by atoms with Crippen LogP contribution in [0.5, 0.6) is 0 Å². The lowest BCUT2D eigenvalue weighted by Crippen LogP contribution is -2.27. The average Bonchev–Trinajstić information content (AvgIpc) is 2.48. The minimum absolute atomic E-state index is 0.256. The third-order valence-corrected chi connectivity index (χ3v) is 3.82. The lowest BCUT2D eigenvalue weighted by Gasteiger charge is -2.11. The van der Waals surface area contributed by atoms with E-state index in [0.717, 1.165) is 10.0 Å². The summed E-state index contributed by atoms with van der Waals surface area (Å²) in [4.78, 5) is 22.2. The fourth-order valence-electron chi connectivity index (χ4n) is 2.09.